The summed E-state index contributed by atoms with van der Waals surface area (Å²) in [6, 6.07) is 7.08. The molecule has 110 valence electrons. The lowest BCUT2D eigenvalue weighted by molar-refractivity contribution is -0.138. The van der Waals surface area contributed by atoms with E-state index in [-0.39, 0.29) is 12.3 Å². The van der Waals surface area contributed by atoms with Crippen molar-refractivity contribution in [1.82, 2.24) is 10.2 Å². The highest BCUT2D eigenvalue weighted by Gasteiger charge is 2.28. The lowest BCUT2D eigenvalue weighted by Crippen LogP contribution is -2.36. The van der Waals surface area contributed by atoms with Crippen LogP contribution in [0.1, 0.15) is 30.5 Å². The SMILES string of the molecule is CC(=O)N1C=Cc2ccccc2C1CC(=O)NCC(=O)O. The fourth-order valence-corrected chi connectivity index (χ4v) is 2.34. The Hall–Kier alpha value is -2.63. The van der Waals surface area contributed by atoms with Crippen molar-refractivity contribution in [3.63, 3.8) is 0 Å². The summed E-state index contributed by atoms with van der Waals surface area (Å²) in [5.74, 6) is -1.67. The maximum Gasteiger partial charge on any atom is 0.322 e. The van der Waals surface area contributed by atoms with Gasteiger partial charge in [0.2, 0.25) is 11.8 Å². The zero-order valence-corrected chi connectivity index (χ0v) is 11.6. The van der Waals surface area contributed by atoms with Gasteiger partial charge in [-0.3, -0.25) is 14.4 Å². The van der Waals surface area contributed by atoms with E-state index in [0.717, 1.165) is 11.1 Å². The number of hydrogen-bond acceptors (Lipinski definition) is 3. The molecule has 6 nitrogen and oxygen atoms in total. The van der Waals surface area contributed by atoms with Crippen LogP contribution in [0.25, 0.3) is 6.08 Å². The number of benzene rings is 1. The molecule has 0 bridgehead atoms. The molecule has 2 amide bonds. The molecule has 0 saturated heterocycles. The molecular formula is C15H16N2O4. The van der Waals surface area contributed by atoms with Crippen LogP contribution in [0, 0.1) is 0 Å². The molecule has 0 spiro atoms. The summed E-state index contributed by atoms with van der Waals surface area (Å²) in [6.45, 7) is 1.00. The molecule has 1 aromatic rings. The lowest BCUT2D eigenvalue weighted by atomic mass is 9.93. The second-order valence-electron chi connectivity index (χ2n) is 4.76. The van der Waals surface area contributed by atoms with Gasteiger partial charge in [-0.1, -0.05) is 24.3 Å². The monoisotopic (exact) mass is 288 g/mol. The molecule has 0 radical (unpaired) electrons. The Morgan fingerprint density at radius 3 is 2.67 bits per heavy atom. The van der Waals surface area contributed by atoms with Crippen LogP contribution in [-0.4, -0.2) is 34.3 Å². The van der Waals surface area contributed by atoms with Crippen molar-refractivity contribution >= 4 is 23.9 Å². The maximum atomic E-state index is 11.9. The number of nitrogens with zero attached hydrogens (tertiary/aromatic N) is 1. The molecule has 6 heteroatoms. The van der Waals surface area contributed by atoms with Gasteiger partial charge in [0.05, 0.1) is 12.5 Å². The predicted molar refractivity (Wildman–Crippen MR) is 76.0 cm³/mol. The summed E-state index contributed by atoms with van der Waals surface area (Å²) in [4.78, 5) is 35.5. The summed E-state index contributed by atoms with van der Waals surface area (Å²) in [5.41, 5.74) is 1.83. The molecule has 1 unspecified atom stereocenters. The minimum Gasteiger partial charge on any atom is -0.480 e. The first-order chi connectivity index (χ1) is 9.99. The van der Waals surface area contributed by atoms with Gasteiger partial charge in [0, 0.05) is 13.1 Å². The van der Waals surface area contributed by atoms with Crippen molar-refractivity contribution in [2.45, 2.75) is 19.4 Å². The van der Waals surface area contributed by atoms with Gasteiger partial charge in [-0.15, -0.1) is 0 Å². The maximum absolute atomic E-state index is 11.9. The number of carbonyl (C=O) groups excluding carboxylic acids is 2. The van der Waals surface area contributed by atoms with Gasteiger partial charge in [-0.05, 0) is 17.2 Å². The van der Waals surface area contributed by atoms with E-state index in [2.05, 4.69) is 5.32 Å². The molecule has 0 fully saturated rings. The second-order valence-corrected chi connectivity index (χ2v) is 4.76. The Morgan fingerprint density at radius 2 is 2.00 bits per heavy atom. The number of amides is 2. The van der Waals surface area contributed by atoms with E-state index in [1.807, 2.05) is 30.3 Å². The molecule has 21 heavy (non-hydrogen) atoms. The lowest BCUT2D eigenvalue weighted by Gasteiger charge is -2.32. The molecular weight excluding hydrogens is 272 g/mol. The van der Waals surface area contributed by atoms with E-state index in [0.29, 0.717) is 0 Å². The van der Waals surface area contributed by atoms with Crippen molar-refractivity contribution in [3.8, 4) is 0 Å². The molecule has 1 aliphatic heterocycles. The Morgan fingerprint density at radius 1 is 1.29 bits per heavy atom. The van der Waals surface area contributed by atoms with Crippen LogP contribution in [0.3, 0.4) is 0 Å². The average molecular weight is 288 g/mol. The van der Waals surface area contributed by atoms with Crippen LogP contribution >= 0.6 is 0 Å². The van der Waals surface area contributed by atoms with Crippen molar-refractivity contribution < 1.29 is 19.5 Å². The number of hydrogen-bond donors (Lipinski definition) is 2. The third kappa shape index (κ3) is 3.47. The van der Waals surface area contributed by atoms with Gasteiger partial charge in [0.1, 0.15) is 6.54 Å². The Bertz CT molecular complexity index is 609. The first-order valence-electron chi connectivity index (χ1n) is 6.53. The summed E-state index contributed by atoms with van der Waals surface area (Å²) in [5, 5.41) is 10.9. The highest BCUT2D eigenvalue weighted by atomic mass is 16.4. The number of nitrogens with one attached hydrogen (secondary N) is 1. The zero-order valence-electron chi connectivity index (χ0n) is 11.6. The van der Waals surface area contributed by atoms with Crippen LogP contribution in [0.2, 0.25) is 0 Å². The number of fused-ring (bicyclic) bond motifs is 1. The normalized spacial score (nSPS) is 16.2. The van der Waals surface area contributed by atoms with Crippen molar-refractivity contribution in [3.05, 3.63) is 41.6 Å². The largest absolute Gasteiger partial charge is 0.480 e. The summed E-state index contributed by atoms with van der Waals surface area (Å²) >= 11 is 0. The van der Waals surface area contributed by atoms with Gasteiger partial charge in [0.25, 0.3) is 0 Å². The van der Waals surface area contributed by atoms with E-state index in [4.69, 9.17) is 5.11 Å². The third-order valence-corrected chi connectivity index (χ3v) is 3.28. The van der Waals surface area contributed by atoms with Crippen LogP contribution in [-0.2, 0) is 14.4 Å². The highest BCUT2D eigenvalue weighted by Crippen LogP contribution is 2.32. The molecule has 1 aromatic carbocycles. The standard InChI is InChI=1S/C15H16N2O4/c1-10(18)17-7-6-11-4-2-3-5-12(11)13(17)8-14(19)16-9-15(20)21/h2-7,13H,8-9H2,1H3,(H,16,19)(H,20,21). The fourth-order valence-electron chi connectivity index (χ4n) is 2.34. The smallest absolute Gasteiger partial charge is 0.322 e. The Kier molecular flexibility index (Phi) is 4.37. The van der Waals surface area contributed by atoms with E-state index in [1.54, 1.807) is 6.20 Å². The number of rotatable bonds is 4. The van der Waals surface area contributed by atoms with Crippen LogP contribution in [0.5, 0.6) is 0 Å². The second kappa shape index (κ2) is 6.21. The molecule has 1 atom stereocenters. The van der Waals surface area contributed by atoms with Gasteiger partial charge >= 0.3 is 5.97 Å². The predicted octanol–water partition coefficient (Wildman–Crippen LogP) is 1.15. The molecule has 2 rings (SSSR count). The van der Waals surface area contributed by atoms with Crippen molar-refractivity contribution in [1.29, 1.82) is 0 Å². The minimum absolute atomic E-state index is 0.0220. The third-order valence-electron chi connectivity index (χ3n) is 3.28. The van der Waals surface area contributed by atoms with E-state index >= 15 is 0 Å². The van der Waals surface area contributed by atoms with Gasteiger partial charge in [0.15, 0.2) is 0 Å². The minimum atomic E-state index is -1.10. The van der Waals surface area contributed by atoms with E-state index in [9.17, 15) is 14.4 Å². The highest BCUT2D eigenvalue weighted by molar-refractivity contribution is 5.84. The van der Waals surface area contributed by atoms with Gasteiger partial charge in [-0.25, -0.2) is 0 Å². The van der Waals surface area contributed by atoms with Crippen molar-refractivity contribution in [2.24, 2.45) is 0 Å². The Labute approximate surface area is 122 Å². The van der Waals surface area contributed by atoms with Crippen LogP contribution in [0.4, 0.5) is 0 Å². The van der Waals surface area contributed by atoms with Crippen LogP contribution < -0.4 is 5.32 Å². The van der Waals surface area contributed by atoms with Crippen LogP contribution in [0.15, 0.2) is 30.5 Å². The number of aliphatic carboxylic acids is 1. The first kappa shape index (κ1) is 14.8. The quantitative estimate of drug-likeness (QED) is 0.870. The fraction of sp³-hybridized carbons (Fsp3) is 0.267. The van der Waals surface area contributed by atoms with E-state index < -0.39 is 24.5 Å². The number of carboxylic acid groups (broad SMARTS) is 1. The summed E-state index contributed by atoms with van der Waals surface area (Å²) in [7, 11) is 0. The van der Waals surface area contributed by atoms with Gasteiger partial charge < -0.3 is 15.3 Å². The average Bonchev–Trinajstić information content (AvgIpc) is 2.45. The Balaban J connectivity index is 2.20. The number of carbonyl (C=O) groups is 3. The first-order valence-corrected chi connectivity index (χ1v) is 6.53. The molecule has 0 saturated carbocycles. The molecule has 1 heterocycles. The van der Waals surface area contributed by atoms with Gasteiger partial charge in [-0.2, -0.15) is 0 Å². The molecule has 0 aliphatic carbocycles. The molecule has 0 aromatic heterocycles. The zero-order chi connectivity index (χ0) is 15.4. The number of carboxylic acids is 1. The summed E-state index contributed by atoms with van der Waals surface area (Å²) < 4.78 is 0. The topological polar surface area (TPSA) is 86.7 Å². The van der Waals surface area contributed by atoms with E-state index in [1.165, 1.54) is 11.8 Å². The molecule has 1 aliphatic rings. The molecule has 2 N–H and O–H groups in total. The summed E-state index contributed by atoms with van der Waals surface area (Å²) in [6.07, 6.45) is 3.50. The van der Waals surface area contributed by atoms with Crippen molar-refractivity contribution in [2.75, 3.05) is 6.54 Å².